The number of anilines is 1. The first-order valence-corrected chi connectivity index (χ1v) is 9.03. The molecule has 0 unspecified atom stereocenters. The number of nitrogens with one attached hydrogen (secondary N) is 1. The third-order valence-corrected chi connectivity index (χ3v) is 4.48. The lowest BCUT2D eigenvalue weighted by Crippen LogP contribution is -2.06. The minimum atomic E-state index is -0.571. The molecular weight excluding hydrogens is 368 g/mol. The van der Waals surface area contributed by atoms with Gasteiger partial charge in [-0.25, -0.2) is 14.6 Å². The molecule has 2 heterocycles. The molecule has 0 aliphatic rings. The smallest absolute Gasteiger partial charge is 0.374 e. The number of esters is 2. The molecule has 0 amide bonds. The molecule has 7 nitrogen and oxygen atoms in total. The first-order chi connectivity index (χ1) is 13.1. The van der Waals surface area contributed by atoms with Gasteiger partial charge >= 0.3 is 11.9 Å². The van der Waals surface area contributed by atoms with Gasteiger partial charge in [0.05, 0.1) is 7.11 Å². The third kappa shape index (κ3) is 4.73. The zero-order chi connectivity index (χ0) is 19.2. The summed E-state index contributed by atoms with van der Waals surface area (Å²) >= 11 is 1.32. The Hall–Kier alpha value is -3.13. The van der Waals surface area contributed by atoms with Crippen LogP contribution in [0, 0.1) is 6.92 Å². The van der Waals surface area contributed by atoms with Gasteiger partial charge in [0, 0.05) is 17.5 Å². The predicted octanol–water partition coefficient (Wildman–Crippen LogP) is 3.80. The van der Waals surface area contributed by atoms with Crippen molar-refractivity contribution in [2.75, 3.05) is 12.4 Å². The van der Waals surface area contributed by atoms with Crippen LogP contribution < -0.4 is 5.32 Å². The molecule has 0 aliphatic heterocycles. The summed E-state index contributed by atoms with van der Waals surface area (Å²) in [5.74, 6) is -0.671. The van der Waals surface area contributed by atoms with E-state index < -0.39 is 11.9 Å². The van der Waals surface area contributed by atoms with Crippen LogP contribution in [-0.2, 0) is 22.6 Å². The number of hydrogen-bond acceptors (Lipinski definition) is 8. The SMILES string of the molecule is COC(=O)c1oc(COC(=O)c2csc(NCc3ccccc3)n2)cc1C. The highest BCUT2D eigenvalue weighted by molar-refractivity contribution is 7.13. The normalized spacial score (nSPS) is 10.4. The van der Waals surface area contributed by atoms with Gasteiger partial charge in [0.25, 0.3) is 0 Å². The number of carbonyl (C=O) groups excluding carboxylic acids is 2. The largest absolute Gasteiger partial charge is 0.463 e. The first-order valence-electron chi connectivity index (χ1n) is 8.15. The molecule has 140 valence electrons. The number of furan rings is 1. The van der Waals surface area contributed by atoms with Crippen molar-refractivity contribution < 1.29 is 23.5 Å². The number of ether oxygens (including phenoxy) is 2. The molecule has 1 aromatic carbocycles. The quantitative estimate of drug-likeness (QED) is 0.618. The van der Waals surface area contributed by atoms with Gasteiger partial charge in [-0.15, -0.1) is 11.3 Å². The average Bonchev–Trinajstić information content (AvgIpc) is 3.31. The Morgan fingerprint density at radius 3 is 2.74 bits per heavy atom. The summed E-state index contributed by atoms with van der Waals surface area (Å²) < 4.78 is 15.2. The van der Waals surface area contributed by atoms with Crippen LogP contribution in [0.2, 0.25) is 0 Å². The second-order valence-electron chi connectivity index (χ2n) is 5.67. The molecule has 8 heteroatoms. The summed E-state index contributed by atoms with van der Waals surface area (Å²) in [6.45, 7) is 2.23. The molecule has 1 N–H and O–H groups in total. The van der Waals surface area contributed by atoms with Crippen molar-refractivity contribution in [3.05, 3.63) is 70.1 Å². The van der Waals surface area contributed by atoms with Gasteiger partial charge < -0.3 is 19.2 Å². The minimum absolute atomic E-state index is 0.0963. The molecule has 3 aromatic rings. The zero-order valence-corrected chi connectivity index (χ0v) is 15.7. The van der Waals surface area contributed by atoms with Crippen molar-refractivity contribution >= 4 is 28.4 Å². The van der Waals surface area contributed by atoms with Crippen molar-refractivity contribution in [3.8, 4) is 0 Å². The van der Waals surface area contributed by atoms with Gasteiger partial charge in [0.15, 0.2) is 10.8 Å². The van der Waals surface area contributed by atoms with E-state index in [1.165, 1.54) is 18.4 Å². The Balaban J connectivity index is 1.54. The van der Waals surface area contributed by atoms with E-state index in [1.54, 1.807) is 18.4 Å². The number of thiazole rings is 1. The second kappa shape index (κ2) is 8.50. The Labute approximate surface area is 159 Å². The summed E-state index contributed by atoms with van der Waals surface area (Å²) in [5.41, 5.74) is 1.95. The van der Waals surface area contributed by atoms with Crippen LogP contribution >= 0.6 is 11.3 Å². The van der Waals surface area contributed by atoms with Gasteiger partial charge in [-0.3, -0.25) is 0 Å². The summed E-state index contributed by atoms with van der Waals surface area (Å²) in [6, 6.07) is 11.5. The monoisotopic (exact) mass is 386 g/mol. The van der Waals surface area contributed by atoms with Crippen molar-refractivity contribution in [1.29, 1.82) is 0 Å². The molecular formula is C19H18N2O5S. The number of rotatable bonds is 7. The fourth-order valence-electron chi connectivity index (χ4n) is 2.35. The number of nitrogens with zero attached hydrogens (tertiary/aromatic N) is 1. The second-order valence-corrected chi connectivity index (χ2v) is 6.53. The number of aryl methyl sites for hydroxylation is 1. The molecule has 0 saturated carbocycles. The Kier molecular flexibility index (Phi) is 5.87. The molecule has 0 aliphatic carbocycles. The van der Waals surface area contributed by atoms with Crippen LogP contribution in [0.15, 0.2) is 46.2 Å². The number of methoxy groups -OCH3 is 1. The van der Waals surface area contributed by atoms with Crippen LogP contribution in [0.25, 0.3) is 0 Å². The topological polar surface area (TPSA) is 90.7 Å². The van der Waals surface area contributed by atoms with E-state index in [0.717, 1.165) is 5.56 Å². The van der Waals surface area contributed by atoms with Crippen molar-refractivity contribution in [3.63, 3.8) is 0 Å². The van der Waals surface area contributed by atoms with E-state index in [4.69, 9.17) is 9.15 Å². The summed E-state index contributed by atoms with van der Waals surface area (Å²) in [5, 5.41) is 5.43. The minimum Gasteiger partial charge on any atom is -0.463 e. The maximum Gasteiger partial charge on any atom is 0.374 e. The molecule has 0 atom stereocenters. The van der Waals surface area contributed by atoms with Gasteiger partial charge in [-0.05, 0) is 18.6 Å². The predicted molar refractivity (Wildman–Crippen MR) is 99.8 cm³/mol. The van der Waals surface area contributed by atoms with E-state index in [0.29, 0.717) is 23.0 Å². The molecule has 2 aromatic heterocycles. The highest BCUT2D eigenvalue weighted by Gasteiger charge is 2.18. The van der Waals surface area contributed by atoms with Crippen LogP contribution in [0.5, 0.6) is 0 Å². The highest BCUT2D eigenvalue weighted by atomic mass is 32.1. The highest BCUT2D eigenvalue weighted by Crippen LogP contribution is 2.19. The van der Waals surface area contributed by atoms with E-state index in [2.05, 4.69) is 15.0 Å². The molecule has 0 fully saturated rings. The summed E-state index contributed by atoms with van der Waals surface area (Å²) in [4.78, 5) is 27.9. The van der Waals surface area contributed by atoms with Crippen LogP contribution in [0.4, 0.5) is 5.13 Å². The van der Waals surface area contributed by atoms with Crippen molar-refractivity contribution in [1.82, 2.24) is 4.98 Å². The molecule has 0 bridgehead atoms. The van der Waals surface area contributed by atoms with Crippen LogP contribution in [0.3, 0.4) is 0 Å². The number of carbonyl (C=O) groups is 2. The standard InChI is InChI=1S/C19H18N2O5S/c1-12-8-14(26-16(12)18(23)24-2)10-25-17(22)15-11-27-19(21-15)20-9-13-6-4-3-5-7-13/h3-8,11H,9-10H2,1-2H3,(H,20,21). The lowest BCUT2D eigenvalue weighted by atomic mass is 10.2. The molecule has 0 radical (unpaired) electrons. The first kappa shape index (κ1) is 18.7. The molecule has 3 rings (SSSR count). The van der Waals surface area contributed by atoms with E-state index in [1.807, 2.05) is 30.3 Å². The van der Waals surface area contributed by atoms with Crippen LogP contribution in [0.1, 0.15) is 37.9 Å². The molecule has 27 heavy (non-hydrogen) atoms. The summed E-state index contributed by atoms with van der Waals surface area (Å²) in [6.07, 6.45) is 0. The number of benzene rings is 1. The number of hydrogen-bond donors (Lipinski definition) is 1. The average molecular weight is 386 g/mol. The van der Waals surface area contributed by atoms with Gasteiger partial charge in [-0.1, -0.05) is 30.3 Å². The van der Waals surface area contributed by atoms with Crippen molar-refractivity contribution in [2.45, 2.75) is 20.1 Å². The molecule has 0 saturated heterocycles. The maximum atomic E-state index is 12.1. The molecule has 0 spiro atoms. The Morgan fingerprint density at radius 2 is 2.00 bits per heavy atom. The van der Waals surface area contributed by atoms with Crippen molar-refractivity contribution in [2.24, 2.45) is 0 Å². The maximum absolute atomic E-state index is 12.1. The van der Waals surface area contributed by atoms with E-state index >= 15 is 0 Å². The van der Waals surface area contributed by atoms with Crippen LogP contribution in [-0.4, -0.2) is 24.0 Å². The Bertz CT molecular complexity index is 933. The zero-order valence-electron chi connectivity index (χ0n) is 14.9. The Morgan fingerprint density at radius 1 is 1.22 bits per heavy atom. The van der Waals surface area contributed by atoms with Gasteiger partial charge in [0.1, 0.15) is 12.4 Å². The van der Waals surface area contributed by atoms with E-state index in [9.17, 15) is 9.59 Å². The fourth-order valence-corrected chi connectivity index (χ4v) is 3.03. The third-order valence-electron chi connectivity index (χ3n) is 3.69. The number of aromatic nitrogens is 1. The lowest BCUT2D eigenvalue weighted by Gasteiger charge is -2.02. The lowest BCUT2D eigenvalue weighted by molar-refractivity contribution is 0.0432. The van der Waals surface area contributed by atoms with Gasteiger partial charge in [0.2, 0.25) is 5.76 Å². The van der Waals surface area contributed by atoms with E-state index in [-0.39, 0.29) is 18.1 Å². The summed E-state index contributed by atoms with van der Waals surface area (Å²) in [7, 11) is 1.27. The fraction of sp³-hybridized carbons (Fsp3) is 0.211. The van der Waals surface area contributed by atoms with Gasteiger partial charge in [-0.2, -0.15) is 0 Å².